The van der Waals surface area contributed by atoms with Crippen LogP contribution in [0.3, 0.4) is 0 Å². The van der Waals surface area contributed by atoms with Gasteiger partial charge in [0.15, 0.2) is 0 Å². The quantitative estimate of drug-likeness (QED) is 0.550. The minimum Gasteiger partial charge on any atom is -0.299 e. The van der Waals surface area contributed by atoms with Crippen LogP contribution in [0.4, 0.5) is 0 Å². The van der Waals surface area contributed by atoms with Gasteiger partial charge in [0, 0.05) is 17.7 Å². The Morgan fingerprint density at radius 2 is 2.00 bits per heavy atom. The molecular formula is C11H17ClO. The van der Waals surface area contributed by atoms with Crippen molar-refractivity contribution < 1.29 is 4.79 Å². The van der Waals surface area contributed by atoms with E-state index in [0.717, 1.165) is 12.8 Å². The van der Waals surface area contributed by atoms with Crippen LogP contribution in [0.25, 0.3) is 0 Å². The lowest BCUT2D eigenvalue weighted by atomic mass is 9.51. The first-order chi connectivity index (χ1) is 5.85. The maximum absolute atomic E-state index is 11.8. The molecule has 3 aliphatic carbocycles. The number of rotatable bonds is 0. The lowest BCUT2D eigenvalue weighted by Crippen LogP contribution is -2.54. The molecule has 3 aliphatic rings. The van der Waals surface area contributed by atoms with E-state index in [0.29, 0.717) is 12.2 Å². The third-order valence-electron chi connectivity index (χ3n) is 3.97. The number of Topliss-reactive ketones (excluding diaryl/α,β-unsaturated/α-hetero) is 1. The van der Waals surface area contributed by atoms with Gasteiger partial charge in [0.25, 0.3) is 0 Å². The highest BCUT2D eigenvalue weighted by atomic mass is 35.5. The number of carbonyl (C=O) groups is 1. The first kappa shape index (κ1) is 9.51. The summed E-state index contributed by atoms with van der Waals surface area (Å²) in [4.78, 5) is 11.8. The Hall–Kier alpha value is -0.0400. The average Bonchev–Trinajstić information content (AvgIpc) is 1.92. The number of carbonyl (C=O) groups excluding carboxylic acids is 1. The van der Waals surface area contributed by atoms with Crippen LogP contribution in [-0.4, -0.2) is 11.2 Å². The molecule has 0 heterocycles. The van der Waals surface area contributed by atoms with Gasteiger partial charge in [-0.05, 0) is 23.7 Å². The molecule has 0 amide bonds. The molecule has 74 valence electrons. The van der Waals surface area contributed by atoms with Gasteiger partial charge in [0.1, 0.15) is 5.78 Å². The van der Waals surface area contributed by atoms with Crippen molar-refractivity contribution in [3.8, 4) is 0 Å². The Morgan fingerprint density at radius 3 is 2.46 bits per heavy atom. The molecule has 3 unspecified atom stereocenters. The van der Waals surface area contributed by atoms with Crippen LogP contribution in [0.1, 0.15) is 40.0 Å². The Bertz CT molecular complexity index is 259. The predicted octanol–water partition coefficient (Wildman–Crippen LogP) is 3.01. The van der Waals surface area contributed by atoms with Crippen molar-refractivity contribution in [2.24, 2.45) is 16.7 Å². The molecule has 0 aliphatic heterocycles. The second-order valence-corrected chi connectivity index (χ2v) is 6.25. The minimum absolute atomic E-state index is 0.0664. The summed E-state index contributed by atoms with van der Waals surface area (Å²) >= 11 is 6.29. The topological polar surface area (TPSA) is 17.1 Å². The van der Waals surface area contributed by atoms with E-state index in [1.807, 2.05) is 0 Å². The Balaban J connectivity index is 2.37. The summed E-state index contributed by atoms with van der Waals surface area (Å²) in [5.41, 5.74) is 0.242. The summed E-state index contributed by atoms with van der Waals surface area (Å²) in [6, 6.07) is 0. The van der Waals surface area contributed by atoms with Crippen LogP contribution < -0.4 is 0 Å². The van der Waals surface area contributed by atoms with Gasteiger partial charge in [-0.1, -0.05) is 20.8 Å². The smallest absolute Gasteiger partial charge is 0.137 e. The fourth-order valence-corrected chi connectivity index (χ4v) is 3.68. The average molecular weight is 201 g/mol. The molecule has 0 aromatic carbocycles. The normalized spacial score (nSPS) is 48.2. The van der Waals surface area contributed by atoms with Gasteiger partial charge in [-0.15, -0.1) is 11.6 Å². The Kier molecular flexibility index (Phi) is 1.83. The molecule has 0 aromatic rings. The summed E-state index contributed by atoms with van der Waals surface area (Å²) in [7, 11) is 0. The highest BCUT2D eigenvalue weighted by molar-refractivity contribution is 6.21. The van der Waals surface area contributed by atoms with Gasteiger partial charge in [-0.2, -0.15) is 0 Å². The predicted molar refractivity (Wildman–Crippen MR) is 53.9 cm³/mol. The Morgan fingerprint density at radius 1 is 1.38 bits per heavy atom. The molecule has 0 aromatic heterocycles. The van der Waals surface area contributed by atoms with E-state index < -0.39 is 0 Å². The summed E-state index contributed by atoms with van der Waals surface area (Å²) in [6.45, 7) is 6.57. The van der Waals surface area contributed by atoms with E-state index in [9.17, 15) is 4.79 Å². The molecule has 2 bridgehead atoms. The van der Waals surface area contributed by atoms with Gasteiger partial charge in [-0.3, -0.25) is 4.79 Å². The molecule has 0 radical (unpaired) electrons. The Labute approximate surface area is 84.8 Å². The summed E-state index contributed by atoms with van der Waals surface area (Å²) in [5, 5.41) is 0.211. The SMILES string of the molecule is CC1(C)CC2(C)CC(=O)C1CC2Cl. The van der Waals surface area contributed by atoms with E-state index >= 15 is 0 Å². The van der Waals surface area contributed by atoms with Crippen molar-refractivity contribution in [3.05, 3.63) is 0 Å². The molecule has 3 saturated carbocycles. The number of hydrogen-bond donors (Lipinski definition) is 0. The second kappa shape index (κ2) is 2.50. The van der Waals surface area contributed by atoms with Gasteiger partial charge in [-0.25, -0.2) is 0 Å². The van der Waals surface area contributed by atoms with Crippen LogP contribution in [-0.2, 0) is 4.79 Å². The first-order valence-corrected chi connectivity index (χ1v) is 5.46. The number of alkyl halides is 1. The van der Waals surface area contributed by atoms with Crippen LogP contribution in [0.2, 0.25) is 0 Å². The molecule has 3 rings (SSSR count). The summed E-state index contributed by atoms with van der Waals surface area (Å²) in [5.74, 6) is 0.660. The lowest BCUT2D eigenvalue weighted by Gasteiger charge is -2.55. The van der Waals surface area contributed by atoms with Crippen molar-refractivity contribution >= 4 is 17.4 Å². The summed E-state index contributed by atoms with van der Waals surface area (Å²) < 4.78 is 0. The molecule has 0 spiro atoms. The summed E-state index contributed by atoms with van der Waals surface area (Å²) in [6.07, 6.45) is 2.70. The third-order valence-corrected chi connectivity index (χ3v) is 4.67. The fraction of sp³-hybridized carbons (Fsp3) is 0.909. The second-order valence-electron chi connectivity index (χ2n) is 5.72. The largest absolute Gasteiger partial charge is 0.299 e. The van der Waals surface area contributed by atoms with Gasteiger partial charge in [0.05, 0.1) is 0 Å². The van der Waals surface area contributed by atoms with E-state index in [-0.39, 0.29) is 22.1 Å². The molecule has 0 saturated heterocycles. The maximum Gasteiger partial charge on any atom is 0.137 e. The molecule has 0 N–H and O–H groups in total. The van der Waals surface area contributed by atoms with Crippen LogP contribution in [0.15, 0.2) is 0 Å². The number of fused-ring (bicyclic) bond motifs is 3. The number of hydrogen-bond acceptors (Lipinski definition) is 1. The third kappa shape index (κ3) is 1.24. The zero-order valence-electron chi connectivity index (χ0n) is 8.56. The van der Waals surface area contributed by atoms with Crippen molar-refractivity contribution in [2.45, 2.75) is 45.4 Å². The van der Waals surface area contributed by atoms with Crippen molar-refractivity contribution in [1.29, 1.82) is 0 Å². The standard InChI is InChI=1S/C11H17ClO/c1-10(2)6-11(3)5-8(13)7(10)4-9(11)12/h7,9H,4-6H2,1-3H3. The van der Waals surface area contributed by atoms with Crippen LogP contribution in [0, 0.1) is 16.7 Å². The number of halogens is 1. The molecule has 13 heavy (non-hydrogen) atoms. The van der Waals surface area contributed by atoms with Crippen molar-refractivity contribution in [3.63, 3.8) is 0 Å². The highest BCUT2D eigenvalue weighted by Gasteiger charge is 2.56. The van der Waals surface area contributed by atoms with E-state index in [2.05, 4.69) is 20.8 Å². The zero-order valence-corrected chi connectivity index (χ0v) is 9.32. The van der Waals surface area contributed by atoms with Crippen LogP contribution >= 0.6 is 11.6 Å². The first-order valence-electron chi connectivity index (χ1n) is 5.02. The zero-order chi connectivity index (χ0) is 9.85. The van der Waals surface area contributed by atoms with E-state index in [1.165, 1.54) is 0 Å². The van der Waals surface area contributed by atoms with Crippen molar-refractivity contribution in [2.75, 3.05) is 0 Å². The fourth-order valence-electron chi connectivity index (χ4n) is 3.35. The minimum atomic E-state index is 0.0664. The van der Waals surface area contributed by atoms with E-state index in [4.69, 9.17) is 11.6 Å². The lowest BCUT2D eigenvalue weighted by molar-refractivity contribution is -0.142. The molecule has 2 heteroatoms. The monoisotopic (exact) mass is 200 g/mol. The molecule has 3 fully saturated rings. The highest BCUT2D eigenvalue weighted by Crippen LogP contribution is 2.58. The molecule has 1 nitrogen and oxygen atoms in total. The van der Waals surface area contributed by atoms with Gasteiger partial charge in [0.2, 0.25) is 0 Å². The maximum atomic E-state index is 11.8. The van der Waals surface area contributed by atoms with Crippen LogP contribution in [0.5, 0.6) is 0 Å². The van der Waals surface area contributed by atoms with Gasteiger partial charge < -0.3 is 0 Å². The van der Waals surface area contributed by atoms with Crippen molar-refractivity contribution in [1.82, 2.24) is 0 Å². The van der Waals surface area contributed by atoms with Gasteiger partial charge >= 0.3 is 0 Å². The van der Waals surface area contributed by atoms with E-state index in [1.54, 1.807) is 0 Å². The number of ketones is 1. The molecular weight excluding hydrogens is 184 g/mol. The molecule has 3 atom stereocenters.